The van der Waals surface area contributed by atoms with Gasteiger partial charge in [0.2, 0.25) is 5.91 Å². The van der Waals surface area contributed by atoms with Crippen molar-refractivity contribution in [2.45, 2.75) is 24.8 Å². The number of alkyl halides is 8. The Hall–Kier alpha value is -2.52. The summed E-state index contributed by atoms with van der Waals surface area (Å²) < 4.78 is 110. The number of benzene rings is 1. The third kappa shape index (κ3) is 7.50. The SMILES string of the molecule is NC[C@H](C(=O)Nc1ccc(N2CCOCC2=O)cc1C(F)(F)F)N(CC(F)F)CC(F)(F)F. The summed E-state index contributed by atoms with van der Waals surface area (Å²) in [6, 6.07) is 0.511. The average Bonchev–Trinajstić information content (AvgIpc) is 2.66. The number of anilines is 2. The number of carbonyl (C=O) groups excluding carboxylic acids is 2. The maximum atomic E-state index is 13.6. The van der Waals surface area contributed by atoms with Crippen LogP contribution >= 0.6 is 0 Å². The van der Waals surface area contributed by atoms with Crippen LogP contribution in [0.2, 0.25) is 0 Å². The molecule has 1 aromatic rings. The highest BCUT2D eigenvalue weighted by Gasteiger charge is 2.39. The summed E-state index contributed by atoms with van der Waals surface area (Å²) in [4.78, 5) is 25.5. The normalized spacial score (nSPS) is 16.5. The number of hydrogen-bond donors (Lipinski definition) is 2. The summed E-state index contributed by atoms with van der Waals surface area (Å²) in [7, 11) is 0. The van der Waals surface area contributed by atoms with E-state index in [1.165, 1.54) is 0 Å². The van der Waals surface area contributed by atoms with E-state index in [1.807, 2.05) is 5.32 Å². The largest absolute Gasteiger partial charge is 0.418 e. The fourth-order valence-electron chi connectivity index (χ4n) is 3.18. The molecule has 2 amide bonds. The average molecular weight is 492 g/mol. The van der Waals surface area contributed by atoms with Gasteiger partial charge in [-0.15, -0.1) is 0 Å². The Labute approximate surface area is 182 Å². The van der Waals surface area contributed by atoms with Crippen LogP contribution in [0.15, 0.2) is 18.2 Å². The van der Waals surface area contributed by atoms with Gasteiger partial charge < -0.3 is 20.7 Å². The number of rotatable bonds is 8. The molecular formula is C18H20F8N4O3. The van der Waals surface area contributed by atoms with Gasteiger partial charge in [-0.25, -0.2) is 8.78 Å². The Bertz CT molecular complexity index is 847. The second kappa shape index (κ2) is 10.6. The lowest BCUT2D eigenvalue weighted by Gasteiger charge is -2.31. The van der Waals surface area contributed by atoms with Crippen LogP contribution < -0.4 is 16.0 Å². The Morgan fingerprint density at radius 1 is 1.21 bits per heavy atom. The minimum absolute atomic E-state index is 0.0168. The third-order valence-electron chi connectivity index (χ3n) is 4.59. The van der Waals surface area contributed by atoms with Crippen LogP contribution in [0.1, 0.15) is 5.56 Å². The smallest absolute Gasteiger partial charge is 0.370 e. The quantitative estimate of drug-likeness (QED) is 0.545. The predicted molar refractivity (Wildman–Crippen MR) is 99.7 cm³/mol. The fourth-order valence-corrected chi connectivity index (χ4v) is 3.18. The van der Waals surface area contributed by atoms with E-state index in [2.05, 4.69) is 0 Å². The zero-order chi connectivity index (χ0) is 25.0. The molecule has 1 aliphatic heterocycles. The van der Waals surface area contributed by atoms with Crippen molar-refractivity contribution < 1.29 is 49.4 Å². The fraction of sp³-hybridized carbons (Fsp3) is 0.556. The summed E-state index contributed by atoms with van der Waals surface area (Å²) in [5, 5.41) is 1.83. The molecule has 33 heavy (non-hydrogen) atoms. The van der Waals surface area contributed by atoms with Crippen LogP contribution in [0.25, 0.3) is 0 Å². The molecule has 1 heterocycles. The first-order valence-electron chi connectivity index (χ1n) is 9.42. The number of ether oxygens (including phenoxy) is 1. The molecule has 1 aliphatic rings. The molecule has 0 radical (unpaired) electrons. The Kier molecular flexibility index (Phi) is 8.59. The molecule has 0 bridgehead atoms. The van der Waals surface area contributed by atoms with Gasteiger partial charge in [-0.3, -0.25) is 14.5 Å². The number of morpholine rings is 1. The van der Waals surface area contributed by atoms with Crippen LogP contribution in [0.4, 0.5) is 46.5 Å². The molecule has 0 aliphatic carbocycles. The van der Waals surface area contributed by atoms with Gasteiger partial charge in [-0.2, -0.15) is 26.3 Å². The van der Waals surface area contributed by atoms with E-state index in [4.69, 9.17) is 10.5 Å². The number of carbonyl (C=O) groups is 2. The highest BCUT2D eigenvalue weighted by Crippen LogP contribution is 2.38. The molecule has 2 rings (SSSR count). The molecule has 7 nitrogen and oxygen atoms in total. The Morgan fingerprint density at radius 2 is 1.88 bits per heavy atom. The number of nitrogens with zero attached hydrogens (tertiary/aromatic N) is 2. The topological polar surface area (TPSA) is 87.9 Å². The lowest BCUT2D eigenvalue weighted by atomic mass is 10.1. The predicted octanol–water partition coefficient (Wildman–Crippen LogP) is 2.46. The van der Waals surface area contributed by atoms with Crippen LogP contribution in [0.5, 0.6) is 0 Å². The summed E-state index contributed by atoms with van der Waals surface area (Å²) in [6.07, 6.45) is -13.3. The van der Waals surface area contributed by atoms with Gasteiger partial charge in [-0.1, -0.05) is 0 Å². The van der Waals surface area contributed by atoms with Gasteiger partial charge in [-0.05, 0) is 18.2 Å². The summed E-state index contributed by atoms with van der Waals surface area (Å²) in [5.74, 6) is -2.02. The van der Waals surface area contributed by atoms with E-state index in [0.29, 0.717) is 6.07 Å². The minimum Gasteiger partial charge on any atom is -0.370 e. The molecule has 186 valence electrons. The van der Waals surface area contributed by atoms with Crippen molar-refractivity contribution in [3.63, 3.8) is 0 Å². The van der Waals surface area contributed by atoms with Gasteiger partial charge in [0.15, 0.2) is 0 Å². The van der Waals surface area contributed by atoms with Gasteiger partial charge in [0.05, 0.1) is 30.9 Å². The lowest BCUT2D eigenvalue weighted by molar-refractivity contribution is -0.157. The zero-order valence-electron chi connectivity index (χ0n) is 16.8. The number of amides is 2. The van der Waals surface area contributed by atoms with E-state index < -0.39 is 67.5 Å². The van der Waals surface area contributed by atoms with E-state index in [1.54, 1.807) is 0 Å². The second-order valence-corrected chi connectivity index (χ2v) is 7.00. The van der Waals surface area contributed by atoms with E-state index in [0.717, 1.165) is 17.0 Å². The summed E-state index contributed by atoms with van der Waals surface area (Å²) in [5.41, 5.74) is 2.93. The molecule has 1 saturated heterocycles. The van der Waals surface area contributed by atoms with Gasteiger partial charge in [0.1, 0.15) is 12.6 Å². The maximum Gasteiger partial charge on any atom is 0.418 e. The number of nitrogens with one attached hydrogen (secondary N) is 1. The molecule has 15 heteroatoms. The van der Waals surface area contributed by atoms with Crippen molar-refractivity contribution >= 4 is 23.2 Å². The van der Waals surface area contributed by atoms with Crippen molar-refractivity contribution in [2.75, 3.05) is 49.6 Å². The summed E-state index contributed by atoms with van der Waals surface area (Å²) >= 11 is 0. The number of nitrogens with two attached hydrogens (primary N) is 1. The summed E-state index contributed by atoms with van der Waals surface area (Å²) in [6.45, 7) is -4.52. The van der Waals surface area contributed by atoms with E-state index in [9.17, 15) is 44.7 Å². The lowest BCUT2D eigenvalue weighted by Crippen LogP contribution is -2.53. The molecule has 0 aromatic heterocycles. The molecule has 1 aromatic carbocycles. The van der Waals surface area contributed by atoms with Crippen molar-refractivity contribution in [1.29, 1.82) is 0 Å². The molecule has 0 unspecified atom stereocenters. The van der Waals surface area contributed by atoms with Crippen LogP contribution in [-0.2, 0) is 20.5 Å². The van der Waals surface area contributed by atoms with Crippen LogP contribution in [-0.4, -0.2) is 74.8 Å². The second-order valence-electron chi connectivity index (χ2n) is 7.00. The first-order valence-corrected chi connectivity index (χ1v) is 9.42. The maximum absolute atomic E-state index is 13.6. The molecule has 0 spiro atoms. The minimum atomic E-state index is -5.03. The highest BCUT2D eigenvalue weighted by molar-refractivity contribution is 5.98. The van der Waals surface area contributed by atoms with Crippen molar-refractivity contribution in [3.05, 3.63) is 23.8 Å². The molecular weight excluding hydrogens is 472 g/mol. The Balaban J connectivity index is 2.34. The standard InChI is InChI=1S/C18H20F8N4O3/c19-14(20)7-29(9-17(21,22)23)13(6-27)16(32)28-12-2-1-10(5-11(12)18(24,25)26)30-3-4-33-8-15(30)31/h1-2,5,13-14H,3-4,6-9,27H2,(H,28,32)/t13-/m1/s1. The molecule has 0 saturated carbocycles. The van der Waals surface area contributed by atoms with E-state index >= 15 is 0 Å². The van der Waals surface area contributed by atoms with E-state index in [-0.39, 0.29) is 30.3 Å². The highest BCUT2D eigenvalue weighted by atomic mass is 19.4. The van der Waals surface area contributed by atoms with Crippen molar-refractivity contribution in [2.24, 2.45) is 5.73 Å². The van der Waals surface area contributed by atoms with Gasteiger partial charge >= 0.3 is 12.4 Å². The number of halogens is 8. The van der Waals surface area contributed by atoms with Gasteiger partial charge in [0.25, 0.3) is 12.3 Å². The Morgan fingerprint density at radius 3 is 2.39 bits per heavy atom. The van der Waals surface area contributed by atoms with Crippen molar-refractivity contribution in [1.82, 2.24) is 4.90 Å². The molecule has 3 N–H and O–H groups in total. The van der Waals surface area contributed by atoms with Crippen LogP contribution in [0.3, 0.4) is 0 Å². The number of hydrogen-bond acceptors (Lipinski definition) is 5. The monoisotopic (exact) mass is 492 g/mol. The van der Waals surface area contributed by atoms with Gasteiger partial charge in [0, 0.05) is 18.8 Å². The zero-order valence-corrected chi connectivity index (χ0v) is 16.8. The molecule has 1 fully saturated rings. The third-order valence-corrected chi connectivity index (χ3v) is 4.59. The van der Waals surface area contributed by atoms with Crippen LogP contribution in [0, 0.1) is 0 Å². The molecule has 1 atom stereocenters. The first kappa shape index (κ1) is 26.7. The van der Waals surface area contributed by atoms with Crippen molar-refractivity contribution in [3.8, 4) is 0 Å². The first-order chi connectivity index (χ1) is 15.2.